The van der Waals surface area contributed by atoms with Crippen LogP contribution < -0.4 is 14.8 Å². The van der Waals surface area contributed by atoms with Gasteiger partial charge in [0.05, 0.1) is 0 Å². The molecule has 6 nitrogen and oxygen atoms in total. The van der Waals surface area contributed by atoms with E-state index in [0.717, 1.165) is 19.3 Å². The van der Waals surface area contributed by atoms with E-state index in [9.17, 15) is 9.90 Å². The number of carbonyl (C=O) groups is 1. The average Bonchev–Trinajstić information content (AvgIpc) is 2.65. The Kier molecular flexibility index (Phi) is 5.60. The minimum absolute atomic E-state index is 0.0960. The molecule has 0 aromatic heterocycles. The van der Waals surface area contributed by atoms with Gasteiger partial charge >= 0.3 is 0 Å². The normalized spacial score (nSPS) is 18.5. The fraction of sp³-hybridized carbons (Fsp3) is 0.526. The Hall–Kier alpha value is -2.05. The minimum Gasteiger partial charge on any atom is -0.451 e. The molecule has 136 valence electrons. The molecule has 2 N–H and O–H groups in total. The Morgan fingerprint density at radius 2 is 1.80 bits per heavy atom. The number of ether oxygens (including phenoxy) is 2. The van der Waals surface area contributed by atoms with Crippen LogP contribution in [0.2, 0.25) is 0 Å². The maximum Gasteiger partial charge on any atom is 0.293 e. The maximum absolute atomic E-state index is 12.9. The van der Waals surface area contributed by atoms with Crippen LogP contribution >= 0.6 is 0 Å². The highest BCUT2D eigenvalue weighted by Gasteiger charge is 2.34. The number of aliphatic hydroxyl groups is 1. The van der Waals surface area contributed by atoms with Gasteiger partial charge in [0, 0.05) is 25.7 Å². The Labute approximate surface area is 148 Å². The molecule has 1 unspecified atom stereocenters. The third-order valence-corrected chi connectivity index (χ3v) is 4.36. The van der Waals surface area contributed by atoms with Crippen molar-refractivity contribution in [3.05, 3.63) is 35.8 Å². The first-order chi connectivity index (χ1) is 12.1. The summed E-state index contributed by atoms with van der Waals surface area (Å²) in [5.74, 6) is 1.07. The summed E-state index contributed by atoms with van der Waals surface area (Å²) in [4.78, 5) is 14.7. The van der Waals surface area contributed by atoms with E-state index in [0.29, 0.717) is 24.6 Å². The van der Waals surface area contributed by atoms with E-state index >= 15 is 0 Å². The van der Waals surface area contributed by atoms with Gasteiger partial charge in [-0.25, -0.2) is 0 Å². The van der Waals surface area contributed by atoms with Crippen molar-refractivity contribution in [2.24, 2.45) is 0 Å². The lowest BCUT2D eigenvalue weighted by atomic mass is 10.1. The van der Waals surface area contributed by atoms with Crippen molar-refractivity contribution in [1.29, 1.82) is 0 Å². The molecule has 1 atom stereocenters. The van der Waals surface area contributed by atoms with Crippen LogP contribution in [0.25, 0.3) is 0 Å². The molecule has 1 saturated heterocycles. The molecule has 2 aliphatic rings. The molecule has 25 heavy (non-hydrogen) atoms. The molecule has 1 fully saturated rings. The minimum atomic E-state index is -0.959. The van der Waals surface area contributed by atoms with Gasteiger partial charge in [-0.2, -0.15) is 0 Å². The zero-order valence-corrected chi connectivity index (χ0v) is 14.8. The van der Waals surface area contributed by atoms with Gasteiger partial charge in [0.15, 0.2) is 17.3 Å². The Balaban J connectivity index is 1.87. The lowest BCUT2D eigenvalue weighted by molar-refractivity contribution is -0.131. The molecule has 2 aliphatic heterocycles. The SMILES string of the molecule is CC(C)NCC(O)C1=C(C(=O)N2CCCCC2)Oc2ccccc2O1. The predicted molar refractivity (Wildman–Crippen MR) is 94.3 cm³/mol. The number of hydrogen-bond donors (Lipinski definition) is 2. The molecule has 1 amide bonds. The third-order valence-electron chi connectivity index (χ3n) is 4.36. The number of piperidine rings is 1. The standard InChI is InChI=1S/C19H26N2O4/c1-13(2)20-12-14(22)17-18(19(23)21-10-6-3-7-11-21)25-16-9-5-4-8-15(16)24-17/h4-5,8-9,13-14,20,22H,3,6-7,10-12H2,1-2H3. The highest BCUT2D eigenvalue weighted by Crippen LogP contribution is 2.36. The smallest absolute Gasteiger partial charge is 0.293 e. The van der Waals surface area contributed by atoms with Crippen molar-refractivity contribution in [2.75, 3.05) is 19.6 Å². The second kappa shape index (κ2) is 7.89. The van der Waals surface area contributed by atoms with Gasteiger partial charge in [0.2, 0.25) is 5.76 Å². The van der Waals surface area contributed by atoms with E-state index in [2.05, 4.69) is 5.32 Å². The maximum atomic E-state index is 12.9. The fourth-order valence-corrected chi connectivity index (χ4v) is 2.99. The van der Waals surface area contributed by atoms with E-state index in [1.165, 1.54) is 0 Å². The van der Waals surface area contributed by atoms with Gasteiger partial charge in [-0.15, -0.1) is 0 Å². The Bertz CT molecular complexity index is 651. The molecule has 0 radical (unpaired) electrons. The van der Waals surface area contributed by atoms with Crippen molar-refractivity contribution in [3.63, 3.8) is 0 Å². The van der Waals surface area contributed by atoms with E-state index in [1.54, 1.807) is 17.0 Å². The highest BCUT2D eigenvalue weighted by atomic mass is 16.6. The van der Waals surface area contributed by atoms with Gasteiger partial charge in [0.1, 0.15) is 6.10 Å². The number of hydrogen-bond acceptors (Lipinski definition) is 5. The molecule has 0 saturated carbocycles. The van der Waals surface area contributed by atoms with Crippen molar-refractivity contribution in [2.45, 2.75) is 45.3 Å². The molecule has 2 heterocycles. The number of nitrogens with zero attached hydrogens (tertiary/aromatic N) is 1. The average molecular weight is 346 g/mol. The number of rotatable bonds is 5. The molecular weight excluding hydrogens is 320 g/mol. The van der Waals surface area contributed by atoms with Crippen LogP contribution in [0.4, 0.5) is 0 Å². The first-order valence-electron chi connectivity index (χ1n) is 8.96. The number of para-hydroxylation sites is 2. The number of carbonyl (C=O) groups excluding carboxylic acids is 1. The summed E-state index contributed by atoms with van der Waals surface area (Å²) in [7, 11) is 0. The third kappa shape index (κ3) is 4.14. The summed E-state index contributed by atoms with van der Waals surface area (Å²) < 4.78 is 11.7. The number of nitrogens with one attached hydrogen (secondary N) is 1. The lowest BCUT2D eigenvalue weighted by Crippen LogP contribution is -2.42. The summed E-state index contributed by atoms with van der Waals surface area (Å²) >= 11 is 0. The molecule has 1 aromatic carbocycles. The van der Waals surface area contributed by atoms with Gasteiger partial charge in [-0.1, -0.05) is 26.0 Å². The van der Waals surface area contributed by atoms with Crippen LogP contribution in [0, 0.1) is 0 Å². The van der Waals surface area contributed by atoms with Crippen LogP contribution in [-0.4, -0.2) is 47.7 Å². The first kappa shape index (κ1) is 17.8. The van der Waals surface area contributed by atoms with Crippen molar-refractivity contribution < 1.29 is 19.4 Å². The predicted octanol–water partition coefficient (Wildman–Crippen LogP) is 2.04. The van der Waals surface area contributed by atoms with E-state index in [-0.39, 0.29) is 30.0 Å². The van der Waals surface area contributed by atoms with Gasteiger partial charge in [-0.3, -0.25) is 4.79 Å². The molecule has 0 aliphatic carbocycles. The number of aliphatic hydroxyl groups excluding tert-OH is 1. The number of amides is 1. The second-order valence-corrected chi connectivity index (χ2v) is 6.78. The van der Waals surface area contributed by atoms with E-state index in [4.69, 9.17) is 9.47 Å². The van der Waals surface area contributed by atoms with Gasteiger partial charge in [0.25, 0.3) is 5.91 Å². The zero-order chi connectivity index (χ0) is 17.8. The molecule has 0 spiro atoms. The summed E-state index contributed by atoms with van der Waals surface area (Å²) in [6, 6.07) is 7.39. The lowest BCUT2D eigenvalue weighted by Gasteiger charge is -2.31. The van der Waals surface area contributed by atoms with E-state index in [1.807, 2.05) is 26.0 Å². The highest BCUT2D eigenvalue weighted by molar-refractivity contribution is 5.93. The Morgan fingerprint density at radius 3 is 2.44 bits per heavy atom. The van der Waals surface area contributed by atoms with Crippen molar-refractivity contribution in [3.8, 4) is 11.5 Å². The van der Waals surface area contributed by atoms with Gasteiger partial charge < -0.3 is 24.8 Å². The monoisotopic (exact) mass is 346 g/mol. The number of fused-ring (bicyclic) bond motifs is 1. The molecule has 3 rings (SSSR count). The molecular formula is C19H26N2O4. The Morgan fingerprint density at radius 1 is 1.16 bits per heavy atom. The van der Waals surface area contributed by atoms with Crippen LogP contribution in [-0.2, 0) is 4.79 Å². The number of likely N-dealkylation sites (tertiary alicyclic amines) is 1. The second-order valence-electron chi connectivity index (χ2n) is 6.78. The van der Waals surface area contributed by atoms with Crippen molar-refractivity contribution in [1.82, 2.24) is 10.2 Å². The largest absolute Gasteiger partial charge is 0.451 e. The van der Waals surface area contributed by atoms with Crippen LogP contribution in [0.1, 0.15) is 33.1 Å². The zero-order valence-electron chi connectivity index (χ0n) is 14.8. The summed E-state index contributed by atoms with van der Waals surface area (Å²) in [5.41, 5.74) is 0. The summed E-state index contributed by atoms with van der Waals surface area (Å²) in [5, 5.41) is 13.7. The van der Waals surface area contributed by atoms with Crippen LogP contribution in [0.3, 0.4) is 0 Å². The molecule has 0 bridgehead atoms. The quantitative estimate of drug-likeness (QED) is 0.854. The number of benzene rings is 1. The first-order valence-corrected chi connectivity index (χ1v) is 8.96. The van der Waals surface area contributed by atoms with E-state index < -0.39 is 6.10 Å². The van der Waals surface area contributed by atoms with Gasteiger partial charge in [-0.05, 0) is 31.4 Å². The summed E-state index contributed by atoms with van der Waals surface area (Å²) in [6.45, 7) is 5.69. The summed E-state index contributed by atoms with van der Waals surface area (Å²) in [6.07, 6.45) is 2.16. The fourth-order valence-electron chi connectivity index (χ4n) is 2.99. The van der Waals surface area contributed by atoms with Crippen molar-refractivity contribution >= 4 is 5.91 Å². The molecule has 6 heteroatoms. The topological polar surface area (TPSA) is 71.0 Å². The van der Waals surface area contributed by atoms with Crippen LogP contribution in [0.15, 0.2) is 35.8 Å². The molecule has 1 aromatic rings. The van der Waals surface area contributed by atoms with Crippen LogP contribution in [0.5, 0.6) is 11.5 Å².